The number of amides is 1. The molecule has 2 N–H and O–H groups in total. The molecule has 0 spiro atoms. The third kappa shape index (κ3) is 6.65. The summed E-state index contributed by atoms with van der Waals surface area (Å²) in [6.45, 7) is 7.30. The van der Waals surface area contributed by atoms with E-state index in [1.165, 1.54) is 31.8 Å². The van der Waals surface area contributed by atoms with Crippen LogP contribution in [0.5, 0.6) is 0 Å². The molecule has 192 valence electrons. The number of methoxy groups -OCH3 is 1. The van der Waals surface area contributed by atoms with Gasteiger partial charge in [-0.15, -0.1) is 11.3 Å². The Morgan fingerprint density at radius 2 is 1.89 bits per heavy atom. The Morgan fingerprint density at radius 3 is 2.49 bits per heavy atom. The summed E-state index contributed by atoms with van der Waals surface area (Å²) >= 11 is 1.30. The van der Waals surface area contributed by atoms with Gasteiger partial charge in [0.1, 0.15) is 11.1 Å². The maximum absolute atomic E-state index is 13.9. The minimum atomic E-state index is -0.517. The summed E-state index contributed by atoms with van der Waals surface area (Å²) in [5.41, 5.74) is 6.29. The van der Waals surface area contributed by atoms with Gasteiger partial charge in [0.2, 0.25) is 5.91 Å². The van der Waals surface area contributed by atoms with Crippen LogP contribution in [0.15, 0.2) is 6.07 Å². The van der Waals surface area contributed by atoms with Gasteiger partial charge < -0.3 is 20.1 Å². The van der Waals surface area contributed by atoms with Gasteiger partial charge >= 0.3 is 11.9 Å². The molecule has 1 heterocycles. The molecule has 0 saturated heterocycles. The summed E-state index contributed by atoms with van der Waals surface area (Å²) < 4.78 is 10.6. The van der Waals surface area contributed by atoms with Gasteiger partial charge in [0, 0.05) is 13.0 Å². The van der Waals surface area contributed by atoms with Crippen molar-refractivity contribution in [1.29, 1.82) is 0 Å². The smallest absolute Gasteiger partial charge is 0.340 e. The van der Waals surface area contributed by atoms with Gasteiger partial charge in [-0.05, 0) is 57.9 Å². The van der Waals surface area contributed by atoms with Crippen LogP contribution in [-0.2, 0) is 19.1 Å². The average molecular weight is 503 g/mol. The first-order chi connectivity index (χ1) is 16.5. The molecule has 2 aliphatic carbocycles. The molecule has 7 nitrogen and oxygen atoms in total. The second kappa shape index (κ2) is 11.6. The Bertz CT molecular complexity index is 999. The molecule has 2 fully saturated rings. The molecule has 0 aliphatic heterocycles. The number of hydrogen-bond donors (Lipinski definition) is 1. The van der Waals surface area contributed by atoms with Gasteiger partial charge in [-0.2, -0.15) is 0 Å². The number of nitrogens with two attached hydrogens (primary N) is 1. The Kier molecular flexibility index (Phi) is 9.00. The number of anilines is 1. The summed E-state index contributed by atoms with van der Waals surface area (Å²) in [5.74, 6) is 5.26. The van der Waals surface area contributed by atoms with Gasteiger partial charge in [0.05, 0.1) is 29.0 Å². The quantitative estimate of drug-likeness (QED) is 0.465. The van der Waals surface area contributed by atoms with Crippen molar-refractivity contribution in [2.75, 3.05) is 12.0 Å². The number of esters is 2. The van der Waals surface area contributed by atoms with E-state index in [1.54, 1.807) is 11.0 Å². The van der Waals surface area contributed by atoms with E-state index in [9.17, 15) is 14.4 Å². The fourth-order valence-electron chi connectivity index (χ4n) is 5.09. The summed E-state index contributed by atoms with van der Waals surface area (Å²) in [4.78, 5) is 40.7. The van der Waals surface area contributed by atoms with Crippen molar-refractivity contribution in [3.63, 3.8) is 0 Å². The van der Waals surface area contributed by atoms with E-state index in [1.807, 2.05) is 13.8 Å². The van der Waals surface area contributed by atoms with Crippen LogP contribution in [0.2, 0.25) is 0 Å². The van der Waals surface area contributed by atoms with Gasteiger partial charge in [-0.1, -0.05) is 38.0 Å². The van der Waals surface area contributed by atoms with Crippen LogP contribution in [-0.4, -0.2) is 42.6 Å². The minimum Gasteiger partial charge on any atom is -0.465 e. The van der Waals surface area contributed by atoms with Crippen LogP contribution >= 0.6 is 11.3 Å². The van der Waals surface area contributed by atoms with Crippen molar-refractivity contribution in [3.05, 3.63) is 16.5 Å². The Balaban J connectivity index is 1.98. The standard InChI is InChI=1S/C27H38N2O5S/c1-17(2)29(24(31)21-10-9-18(3)15-23(21)34-19(4)30)25-22(26(32)33-5)16-20(35-25)11-14-27(28)12-7-6-8-13-27/h16-18,21,23H,6-10,12-13,15,28H2,1-5H3/t18-,21-,23+/m1/s1. The summed E-state index contributed by atoms with van der Waals surface area (Å²) in [5, 5.41) is 0.510. The lowest BCUT2D eigenvalue weighted by atomic mass is 9.79. The first-order valence-corrected chi connectivity index (χ1v) is 13.4. The van der Waals surface area contributed by atoms with Crippen LogP contribution in [0, 0.1) is 23.7 Å². The Labute approximate surface area is 212 Å². The van der Waals surface area contributed by atoms with Crippen molar-refractivity contribution < 1.29 is 23.9 Å². The highest BCUT2D eigenvalue weighted by Crippen LogP contribution is 2.38. The molecular weight excluding hydrogens is 464 g/mol. The second-order valence-electron chi connectivity index (χ2n) is 10.3. The fourth-order valence-corrected chi connectivity index (χ4v) is 6.23. The molecule has 3 atom stereocenters. The monoisotopic (exact) mass is 502 g/mol. The molecule has 0 radical (unpaired) electrons. The third-order valence-corrected chi connectivity index (χ3v) is 8.01. The Morgan fingerprint density at radius 1 is 1.20 bits per heavy atom. The van der Waals surface area contributed by atoms with Gasteiger partial charge in [-0.3, -0.25) is 9.59 Å². The van der Waals surface area contributed by atoms with E-state index in [2.05, 4.69) is 18.8 Å². The number of thiophene rings is 1. The van der Waals surface area contributed by atoms with Crippen LogP contribution in [0.3, 0.4) is 0 Å². The molecule has 1 amide bonds. The van der Waals surface area contributed by atoms with Crippen LogP contribution in [0.25, 0.3) is 0 Å². The topological polar surface area (TPSA) is 98.9 Å². The highest BCUT2D eigenvalue weighted by Gasteiger charge is 2.40. The predicted molar refractivity (Wildman–Crippen MR) is 137 cm³/mol. The highest BCUT2D eigenvalue weighted by molar-refractivity contribution is 7.17. The lowest BCUT2D eigenvalue weighted by molar-refractivity contribution is -0.154. The van der Waals surface area contributed by atoms with E-state index in [4.69, 9.17) is 15.2 Å². The molecule has 2 saturated carbocycles. The molecule has 8 heteroatoms. The summed E-state index contributed by atoms with van der Waals surface area (Å²) in [7, 11) is 1.33. The van der Waals surface area contributed by atoms with E-state index >= 15 is 0 Å². The van der Waals surface area contributed by atoms with Crippen LogP contribution < -0.4 is 10.6 Å². The largest absolute Gasteiger partial charge is 0.465 e. The number of carbonyl (C=O) groups excluding carboxylic acids is 3. The molecule has 35 heavy (non-hydrogen) atoms. The van der Waals surface area contributed by atoms with Crippen LogP contribution in [0.4, 0.5) is 5.00 Å². The SMILES string of the molecule is COC(=O)c1cc(C#CC2(N)CCCCC2)sc1N(C(=O)[C@@H]1CC[C@@H](C)C[C@@H]1OC(C)=O)C(C)C. The highest BCUT2D eigenvalue weighted by atomic mass is 32.1. The molecular formula is C27H38N2O5S. The molecule has 2 aliphatic rings. The molecule has 3 rings (SSSR count). The first-order valence-electron chi connectivity index (χ1n) is 12.6. The van der Waals surface area contributed by atoms with E-state index in [0.29, 0.717) is 34.2 Å². The number of rotatable bonds is 5. The van der Waals surface area contributed by atoms with Gasteiger partial charge in [-0.25, -0.2) is 4.79 Å². The molecule has 1 aromatic rings. The van der Waals surface area contributed by atoms with Crippen molar-refractivity contribution in [1.82, 2.24) is 0 Å². The predicted octanol–water partition coefficient (Wildman–Crippen LogP) is 4.66. The van der Waals surface area contributed by atoms with Crippen molar-refractivity contribution in [2.24, 2.45) is 17.6 Å². The van der Waals surface area contributed by atoms with Gasteiger partial charge in [0.25, 0.3) is 0 Å². The Hall–Kier alpha value is -2.37. The molecule has 1 aromatic heterocycles. The third-order valence-electron chi connectivity index (χ3n) is 6.96. The average Bonchev–Trinajstić information content (AvgIpc) is 3.21. The van der Waals surface area contributed by atoms with E-state index in [-0.39, 0.29) is 17.9 Å². The van der Waals surface area contributed by atoms with Crippen molar-refractivity contribution in [3.8, 4) is 11.8 Å². The molecule has 0 unspecified atom stereocenters. The number of carbonyl (C=O) groups is 3. The van der Waals surface area contributed by atoms with E-state index in [0.717, 1.165) is 32.1 Å². The first kappa shape index (κ1) is 27.2. The second-order valence-corrected chi connectivity index (χ2v) is 11.3. The van der Waals surface area contributed by atoms with E-state index < -0.39 is 23.5 Å². The zero-order valence-corrected chi connectivity index (χ0v) is 22.3. The maximum atomic E-state index is 13.9. The van der Waals surface area contributed by atoms with Crippen LogP contribution in [0.1, 0.15) is 94.3 Å². The summed E-state index contributed by atoms with van der Waals surface area (Å²) in [6, 6.07) is 1.47. The number of ether oxygens (including phenoxy) is 2. The number of nitrogens with zero attached hydrogens (tertiary/aromatic N) is 1. The minimum absolute atomic E-state index is 0.146. The van der Waals surface area contributed by atoms with Gasteiger partial charge in [0.15, 0.2) is 0 Å². The zero-order chi connectivity index (χ0) is 25.8. The normalized spacial score (nSPS) is 23.7. The number of hydrogen-bond acceptors (Lipinski definition) is 7. The fraction of sp³-hybridized carbons (Fsp3) is 0.667. The van der Waals surface area contributed by atoms with Crippen molar-refractivity contribution in [2.45, 2.75) is 96.7 Å². The lowest BCUT2D eigenvalue weighted by Crippen LogP contribution is -2.47. The summed E-state index contributed by atoms with van der Waals surface area (Å²) in [6.07, 6.45) is 6.69. The zero-order valence-electron chi connectivity index (χ0n) is 21.5. The maximum Gasteiger partial charge on any atom is 0.340 e. The molecule has 0 bridgehead atoms. The molecule has 0 aromatic carbocycles. The lowest BCUT2D eigenvalue weighted by Gasteiger charge is -2.37. The van der Waals surface area contributed by atoms with Crippen molar-refractivity contribution >= 4 is 34.2 Å².